The maximum absolute atomic E-state index is 10.4. The van der Waals surface area contributed by atoms with E-state index in [1.165, 1.54) is 0 Å². The summed E-state index contributed by atoms with van der Waals surface area (Å²) in [7, 11) is 0. The summed E-state index contributed by atoms with van der Waals surface area (Å²) in [6.45, 7) is 4.64. The van der Waals surface area contributed by atoms with Crippen molar-refractivity contribution in [1.29, 1.82) is 0 Å². The number of aliphatic carboxylic acids is 1. The van der Waals surface area contributed by atoms with Gasteiger partial charge < -0.3 is 14.6 Å². The minimum atomic E-state index is -1.03. The van der Waals surface area contributed by atoms with E-state index in [4.69, 9.17) is 14.6 Å². The molecule has 4 nitrogen and oxygen atoms in total. The Morgan fingerprint density at radius 3 is 2.73 bits per heavy atom. The first-order chi connectivity index (χ1) is 5.22. The Morgan fingerprint density at radius 2 is 2.27 bits per heavy atom. The van der Waals surface area contributed by atoms with Crippen molar-refractivity contribution in [1.82, 2.24) is 0 Å². The average Bonchev–Trinajstić information content (AvgIpc) is 2.05. The van der Waals surface area contributed by atoms with E-state index in [1.807, 2.05) is 0 Å². The molecule has 1 heterocycles. The van der Waals surface area contributed by atoms with E-state index >= 15 is 0 Å². The van der Waals surface area contributed by atoms with E-state index in [-0.39, 0.29) is 5.57 Å². The highest BCUT2D eigenvalue weighted by atomic mass is 16.6. The van der Waals surface area contributed by atoms with Crippen molar-refractivity contribution < 1.29 is 19.4 Å². The molecule has 0 aromatic rings. The Labute approximate surface area is 64.4 Å². The van der Waals surface area contributed by atoms with E-state index in [9.17, 15) is 4.79 Å². The molecule has 1 N–H and O–H groups in total. The molecule has 0 amide bonds. The summed E-state index contributed by atoms with van der Waals surface area (Å²) < 4.78 is 10.1. The topological polar surface area (TPSA) is 55.8 Å². The van der Waals surface area contributed by atoms with E-state index in [1.54, 1.807) is 0 Å². The van der Waals surface area contributed by atoms with Gasteiger partial charge in [0.05, 0.1) is 25.4 Å². The predicted octanol–water partition coefficient (Wildman–Crippen LogP) is 0.0426. The fraction of sp³-hybridized carbons (Fsp3) is 0.571. The third-order valence-corrected chi connectivity index (χ3v) is 1.48. The molecule has 0 aromatic carbocycles. The summed E-state index contributed by atoms with van der Waals surface area (Å²) in [5.41, 5.74) is 0.0599. The van der Waals surface area contributed by atoms with Gasteiger partial charge in [-0.1, -0.05) is 6.58 Å². The van der Waals surface area contributed by atoms with Crippen LogP contribution in [0, 0.1) is 0 Å². The number of hydrogen-bond acceptors (Lipinski definition) is 3. The number of hydrogen-bond donors (Lipinski definition) is 1. The zero-order valence-corrected chi connectivity index (χ0v) is 6.08. The van der Waals surface area contributed by atoms with Gasteiger partial charge in [-0.15, -0.1) is 0 Å². The van der Waals surface area contributed by atoms with Crippen molar-refractivity contribution in [2.75, 3.05) is 19.8 Å². The second-order valence-corrected chi connectivity index (χ2v) is 2.26. The molecule has 1 aliphatic rings. The van der Waals surface area contributed by atoms with Crippen LogP contribution in [0.15, 0.2) is 12.2 Å². The molecule has 62 valence electrons. The SMILES string of the molecule is C=C(C(=O)O)C1COCCO1. The van der Waals surface area contributed by atoms with Gasteiger partial charge in [0.1, 0.15) is 6.10 Å². The second kappa shape index (κ2) is 3.50. The standard InChI is InChI=1S/C7H10O4/c1-5(7(8)9)6-4-10-2-3-11-6/h6H,1-4H2,(H,8,9). The molecule has 1 rings (SSSR count). The van der Waals surface area contributed by atoms with Crippen LogP contribution in [-0.4, -0.2) is 37.0 Å². The minimum absolute atomic E-state index is 0.0599. The van der Waals surface area contributed by atoms with Gasteiger partial charge in [0.2, 0.25) is 0 Å². The van der Waals surface area contributed by atoms with E-state index in [0.717, 1.165) is 0 Å². The predicted molar refractivity (Wildman–Crippen MR) is 37.3 cm³/mol. The smallest absolute Gasteiger partial charge is 0.333 e. The molecular formula is C7H10O4. The van der Waals surface area contributed by atoms with Crippen molar-refractivity contribution in [3.63, 3.8) is 0 Å². The van der Waals surface area contributed by atoms with Gasteiger partial charge in [-0.2, -0.15) is 0 Å². The first-order valence-electron chi connectivity index (χ1n) is 3.33. The number of carboxylic acids is 1. The monoisotopic (exact) mass is 158 g/mol. The van der Waals surface area contributed by atoms with Gasteiger partial charge in [0.25, 0.3) is 0 Å². The van der Waals surface area contributed by atoms with E-state index in [0.29, 0.717) is 19.8 Å². The first-order valence-corrected chi connectivity index (χ1v) is 3.33. The molecule has 1 unspecified atom stereocenters. The largest absolute Gasteiger partial charge is 0.478 e. The summed E-state index contributed by atoms with van der Waals surface area (Å²) in [6, 6.07) is 0. The summed E-state index contributed by atoms with van der Waals surface area (Å²) in [6.07, 6.45) is -0.471. The van der Waals surface area contributed by atoms with Crippen LogP contribution in [-0.2, 0) is 14.3 Å². The van der Waals surface area contributed by atoms with Gasteiger partial charge in [-0.05, 0) is 0 Å². The van der Waals surface area contributed by atoms with E-state index in [2.05, 4.69) is 6.58 Å². The van der Waals surface area contributed by atoms with Gasteiger partial charge in [0.15, 0.2) is 0 Å². The molecule has 4 heteroatoms. The van der Waals surface area contributed by atoms with Gasteiger partial charge in [0, 0.05) is 0 Å². The van der Waals surface area contributed by atoms with Crippen molar-refractivity contribution >= 4 is 5.97 Å². The third-order valence-electron chi connectivity index (χ3n) is 1.48. The van der Waals surface area contributed by atoms with Crippen LogP contribution in [0.1, 0.15) is 0 Å². The lowest BCUT2D eigenvalue weighted by molar-refractivity contribution is -0.137. The molecule has 1 aliphatic heterocycles. The Hall–Kier alpha value is -0.870. The molecule has 1 atom stereocenters. The number of carbonyl (C=O) groups is 1. The van der Waals surface area contributed by atoms with Gasteiger partial charge in [-0.3, -0.25) is 0 Å². The van der Waals surface area contributed by atoms with Gasteiger partial charge >= 0.3 is 5.97 Å². The summed E-state index contributed by atoms with van der Waals surface area (Å²) >= 11 is 0. The summed E-state index contributed by atoms with van der Waals surface area (Å²) in [5.74, 6) is -1.03. The lowest BCUT2D eigenvalue weighted by Gasteiger charge is -2.22. The Bertz CT molecular complexity index is 169. The number of ether oxygens (including phenoxy) is 2. The first kappa shape index (κ1) is 8.23. The molecule has 0 aliphatic carbocycles. The molecule has 0 saturated carbocycles. The van der Waals surface area contributed by atoms with Crippen LogP contribution in [0.25, 0.3) is 0 Å². The number of carboxylic acid groups (broad SMARTS) is 1. The summed E-state index contributed by atoms with van der Waals surface area (Å²) in [5, 5.41) is 8.50. The molecule has 1 fully saturated rings. The van der Waals surface area contributed by atoms with Crippen LogP contribution in [0.4, 0.5) is 0 Å². The highest BCUT2D eigenvalue weighted by molar-refractivity contribution is 5.86. The maximum Gasteiger partial charge on any atom is 0.333 e. The Kier molecular flexibility index (Phi) is 2.62. The molecule has 0 radical (unpaired) electrons. The second-order valence-electron chi connectivity index (χ2n) is 2.26. The normalized spacial score (nSPS) is 24.5. The lowest BCUT2D eigenvalue weighted by atomic mass is 10.2. The van der Waals surface area contributed by atoms with Crippen molar-refractivity contribution in [3.05, 3.63) is 12.2 Å². The van der Waals surface area contributed by atoms with Crippen LogP contribution >= 0.6 is 0 Å². The number of rotatable bonds is 2. The molecular weight excluding hydrogens is 148 g/mol. The fourth-order valence-corrected chi connectivity index (χ4v) is 0.827. The molecule has 0 aromatic heterocycles. The quantitative estimate of drug-likeness (QED) is 0.576. The Morgan fingerprint density at radius 1 is 1.55 bits per heavy atom. The Balaban J connectivity index is 2.45. The molecule has 1 saturated heterocycles. The van der Waals surface area contributed by atoms with E-state index < -0.39 is 12.1 Å². The zero-order chi connectivity index (χ0) is 8.27. The zero-order valence-electron chi connectivity index (χ0n) is 6.08. The third kappa shape index (κ3) is 2.03. The highest BCUT2D eigenvalue weighted by Crippen LogP contribution is 2.09. The van der Waals surface area contributed by atoms with Crippen molar-refractivity contribution in [3.8, 4) is 0 Å². The maximum atomic E-state index is 10.4. The lowest BCUT2D eigenvalue weighted by Crippen LogP contribution is -2.32. The van der Waals surface area contributed by atoms with Crippen LogP contribution in [0.3, 0.4) is 0 Å². The minimum Gasteiger partial charge on any atom is -0.478 e. The van der Waals surface area contributed by atoms with Crippen molar-refractivity contribution in [2.45, 2.75) is 6.10 Å². The molecule has 0 bridgehead atoms. The van der Waals surface area contributed by atoms with Crippen molar-refractivity contribution in [2.24, 2.45) is 0 Å². The summed E-state index contributed by atoms with van der Waals surface area (Å²) in [4.78, 5) is 10.4. The van der Waals surface area contributed by atoms with Gasteiger partial charge in [-0.25, -0.2) is 4.79 Å². The van der Waals surface area contributed by atoms with Crippen LogP contribution in [0.5, 0.6) is 0 Å². The van der Waals surface area contributed by atoms with Crippen LogP contribution < -0.4 is 0 Å². The highest BCUT2D eigenvalue weighted by Gasteiger charge is 2.21. The van der Waals surface area contributed by atoms with Crippen LogP contribution in [0.2, 0.25) is 0 Å². The average molecular weight is 158 g/mol. The fourth-order valence-electron chi connectivity index (χ4n) is 0.827. The molecule has 0 spiro atoms. The molecule has 11 heavy (non-hydrogen) atoms.